The minimum atomic E-state index is -0.694. The zero-order chi connectivity index (χ0) is 10.7. The lowest BCUT2D eigenvalue weighted by molar-refractivity contribution is -0.0574. The number of alkyl halides is 1. The molecule has 1 aliphatic rings. The highest BCUT2D eigenvalue weighted by molar-refractivity contribution is 4.83. The quantitative estimate of drug-likeness (QED) is 0.696. The van der Waals surface area contributed by atoms with Crippen LogP contribution in [0.25, 0.3) is 0 Å². The maximum absolute atomic E-state index is 13.6. The molecule has 0 bridgehead atoms. The van der Waals surface area contributed by atoms with E-state index in [9.17, 15) is 4.39 Å². The topological polar surface area (TPSA) is 12.5 Å². The van der Waals surface area contributed by atoms with Gasteiger partial charge in [-0.1, -0.05) is 0 Å². The second-order valence-corrected chi connectivity index (χ2v) is 4.62. The third-order valence-corrected chi connectivity index (χ3v) is 2.86. The third kappa shape index (κ3) is 3.21. The Morgan fingerprint density at radius 1 is 1.36 bits per heavy atom. The molecule has 0 N–H and O–H groups in total. The summed E-state index contributed by atoms with van der Waals surface area (Å²) in [5.41, 5.74) is 0. The van der Waals surface area contributed by atoms with Crippen molar-refractivity contribution in [1.82, 2.24) is 4.90 Å². The number of hydrogen-bond donors (Lipinski definition) is 0. The molecule has 0 spiro atoms. The van der Waals surface area contributed by atoms with Gasteiger partial charge in [0, 0.05) is 19.0 Å². The van der Waals surface area contributed by atoms with Crippen LogP contribution in [0, 0.1) is 5.92 Å². The van der Waals surface area contributed by atoms with Crippen LogP contribution in [-0.2, 0) is 4.74 Å². The number of ether oxygens (including phenoxy) is 1. The molecule has 3 heteroatoms. The summed E-state index contributed by atoms with van der Waals surface area (Å²) >= 11 is 0. The van der Waals surface area contributed by atoms with Gasteiger partial charge in [-0.2, -0.15) is 0 Å². The molecule has 1 aliphatic heterocycles. The Kier molecular flexibility index (Phi) is 4.32. The molecule has 0 saturated carbocycles. The van der Waals surface area contributed by atoms with Crippen LogP contribution in [0.3, 0.4) is 0 Å². The SMILES string of the molecule is CC(C)OC(C)C1CN(C)CCC1F. The van der Waals surface area contributed by atoms with E-state index in [4.69, 9.17) is 4.74 Å². The molecule has 0 aromatic carbocycles. The van der Waals surface area contributed by atoms with Crippen molar-refractivity contribution < 1.29 is 9.13 Å². The van der Waals surface area contributed by atoms with Gasteiger partial charge in [0.15, 0.2) is 0 Å². The van der Waals surface area contributed by atoms with Gasteiger partial charge in [-0.05, 0) is 34.2 Å². The van der Waals surface area contributed by atoms with Crippen LogP contribution in [0.2, 0.25) is 0 Å². The Morgan fingerprint density at radius 3 is 2.57 bits per heavy atom. The molecule has 14 heavy (non-hydrogen) atoms. The Morgan fingerprint density at radius 2 is 2.00 bits per heavy atom. The lowest BCUT2D eigenvalue weighted by atomic mass is 9.91. The molecule has 0 radical (unpaired) electrons. The molecule has 1 fully saturated rings. The van der Waals surface area contributed by atoms with Crippen LogP contribution in [0.1, 0.15) is 27.2 Å². The van der Waals surface area contributed by atoms with E-state index in [2.05, 4.69) is 4.90 Å². The first-order valence-electron chi connectivity index (χ1n) is 5.48. The van der Waals surface area contributed by atoms with Gasteiger partial charge in [-0.15, -0.1) is 0 Å². The van der Waals surface area contributed by atoms with Crippen LogP contribution < -0.4 is 0 Å². The zero-order valence-corrected chi connectivity index (χ0v) is 9.66. The van der Waals surface area contributed by atoms with Gasteiger partial charge in [0.05, 0.1) is 12.2 Å². The van der Waals surface area contributed by atoms with Crippen molar-refractivity contribution in [2.24, 2.45) is 5.92 Å². The zero-order valence-electron chi connectivity index (χ0n) is 9.66. The highest BCUT2D eigenvalue weighted by Crippen LogP contribution is 2.24. The van der Waals surface area contributed by atoms with Crippen molar-refractivity contribution in [2.45, 2.75) is 45.6 Å². The number of hydrogen-bond acceptors (Lipinski definition) is 2. The number of rotatable bonds is 3. The molecule has 2 nitrogen and oxygen atoms in total. The summed E-state index contributed by atoms with van der Waals surface area (Å²) in [6.45, 7) is 7.66. The number of piperidine rings is 1. The Labute approximate surface area is 86.4 Å². The maximum Gasteiger partial charge on any atom is 0.108 e. The summed E-state index contributed by atoms with van der Waals surface area (Å²) in [7, 11) is 2.04. The largest absolute Gasteiger partial charge is 0.375 e. The minimum Gasteiger partial charge on any atom is -0.375 e. The van der Waals surface area contributed by atoms with E-state index in [1.807, 2.05) is 27.8 Å². The Bertz CT molecular complexity index is 175. The van der Waals surface area contributed by atoms with Gasteiger partial charge in [0.2, 0.25) is 0 Å². The van der Waals surface area contributed by atoms with Crippen molar-refractivity contribution in [3.63, 3.8) is 0 Å². The highest BCUT2D eigenvalue weighted by atomic mass is 19.1. The lowest BCUT2D eigenvalue weighted by Gasteiger charge is -2.36. The van der Waals surface area contributed by atoms with E-state index in [0.29, 0.717) is 6.42 Å². The molecular weight excluding hydrogens is 181 g/mol. The molecule has 0 aliphatic carbocycles. The molecule has 3 unspecified atom stereocenters. The average Bonchev–Trinajstić information content (AvgIpc) is 2.08. The summed E-state index contributed by atoms with van der Waals surface area (Å²) in [5, 5.41) is 0. The summed E-state index contributed by atoms with van der Waals surface area (Å²) < 4.78 is 19.3. The van der Waals surface area contributed by atoms with Crippen molar-refractivity contribution in [3.05, 3.63) is 0 Å². The van der Waals surface area contributed by atoms with Crippen LogP contribution in [0.4, 0.5) is 4.39 Å². The van der Waals surface area contributed by atoms with Crippen LogP contribution in [0.15, 0.2) is 0 Å². The molecule has 3 atom stereocenters. The Hall–Kier alpha value is -0.150. The second-order valence-electron chi connectivity index (χ2n) is 4.62. The van der Waals surface area contributed by atoms with Gasteiger partial charge in [0.25, 0.3) is 0 Å². The van der Waals surface area contributed by atoms with Gasteiger partial charge < -0.3 is 9.64 Å². The number of nitrogens with zero attached hydrogens (tertiary/aromatic N) is 1. The summed E-state index contributed by atoms with van der Waals surface area (Å²) in [6.07, 6.45) is 0.157. The van der Waals surface area contributed by atoms with Crippen molar-refractivity contribution >= 4 is 0 Å². The van der Waals surface area contributed by atoms with Gasteiger partial charge in [-0.3, -0.25) is 0 Å². The fraction of sp³-hybridized carbons (Fsp3) is 1.00. The molecule has 0 aromatic heterocycles. The molecule has 0 amide bonds. The first-order valence-corrected chi connectivity index (χ1v) is 5.48. The van der Waals surface area contributed by atoms with Gasteiger partial charge in [0.1, 0.15) is 6.17 Å². The minimum absolute atomic E-state index is 0.0211. The van der Waals surface area contributed by atoms with Gasteiger partial charge in [-0.25, -0.2) is 4.39 Å². The van der Waals surface area contributed by atoms with E-state index in [1.165, 1.54) is 0 Å². The van der Waals surface area contributed by atoms with Crippen molar-refractivity contribution in [1.29, 1.82) is 0 Å². The first-order chi connectivity index (χ1) is 6.50. The lowest BCUT2D eigenvalue weighted by Crippen LogP contribution is -2.45. The van der Waals surface area contributed by atoms with E-state index in [-0.39, 0.29) is 18.1 Å². The molecule has 1 saturated heterocycles. The normalized spacial score (nSPS) is 32.1. The van der Waals surface area contributed by atoms with Crippen LogP contribution in [-0.4, -0.2) is 43.4 Å². The monoisotopic (exact) mass is 203 g/mol. The van der Waals surface area contributed by atoms with Crippen molar-refractivity contribution in [2.75, 3.05) is 20.1 Å². The number of halogens is 1. The average molecular weight is 203 g/mol. The fourth-order valence-electron chi connectivity index (χ4n) is 2.10. The summed E-state index contributed by atoms with van der Waals surface area (Å²) in [6, 6.07) is 0. The van der Waals surface area contributed by atoms with Crippen molar-refractivity contribution in [3.8, 4) is 0 Å². The fourth-order valence-corrected chi connectivity index (χ4v) is 2.10. The van der Waals surface area contributed by atoms with Crippen LogP contribution >= 0.6 is 0 Å². The first kappa shape index (κ1) is 11.9. The maximum atomic E-state index is 13.6. The van der Waals surface area contributed by atoms with E-state index < -0.39 is 6.17 Å². The van der Waals surface area contributed by atoms with E-state index >= 15 is 0 Å². The molecule has 1 heterocycles. The molecular formula is C11H22FNO. The summed E-state index contributed by atoms with van der Waals surface area (Å²) in [4.78, 5) is 2.18. The second kappa shape index (κ2) is 5.08. The standard InChI is InChI=1S/C11H22FNO/c1-8(2)14-9(3)10-7-13(4)6-5-11(10)12/h8-11H,5-7H2,1-4H3. The predicted molar refractivity (Wildman–Crippen MR) is 56.2 cm³/mol. The van der Waals surface area contributed by atoms with Crippen LogP contribution in [0.5, 0.6) is 0 Å². The molecule has 0 aromatic rings. The summed E-state index contributed by atoms with van der Waals surface area (Å²) in [5.74, 6) is 0.0381. The number of likely N-dealkylation sites (tertiary alicyclic amines) is 1. The molecule has 84 valence electrons. The molecule has 1 rings (SSSR count). The third-order valence-electron chi connectivity index (χ3n) is 2.86. The Balaban J connectivity index is 2.46. The predicted octanol–water partition coefficient (Wildman–Crippen LogP) is 2.09. The van der Waals surface area contributed by atoms with E-state index in [0.717, 1.165) is 13.1 Å². The van der Waals surface area contributed by atoms with E-state index in [1.54, 1.807) is 0 Å². The van der Waals surface area contributed by atoms with Gasteiger partial charge >= 0.3 is 0 Å². The highest BCUT2D eigenvalue weighted by Gasteiger charge is 2.32. The smallest absolute Gasteiger partial charge is 0.108 e.